The Morgan fingerprint density at radius 1 is 1.47 bits per heavy atom. The molecule has 0 aliphatic rings. The molecule has 0 aliphatic heterocycles. The number of pyridine rings is 1. The van der Waals surface area contributed by atoms with Crippen molar-refractivity contribution < 1.29 is 4.73 Å². The fraction of sp³-hybridized carbons (Fsp3) is 0.400. The van der Waals surface area contributed by atoms with Crippen molar-refractivity contribution in [3.05, 3.63) is 35.4 Å². The van der Waals surface area contributed by atoms with Crippen LogP contribution in [0.15, 0.2) is 29.4 Å². The molecule has 0 unspecified atom stereocenters. The molecule has 0 fully saturated rings. The Labute approximate surface area is 103 Å². The summed E-state index contributed by atoms with van der Waals surface area (Å²) in [5.74, 6) is 1.39. The third-order valence-electron chi connectivity index (χ3n) is 2.18. The lowest BCUT2D eigenvalue weighted by Gasteiger charge is -2.03. The minimum absolute atomic E-state index is 0.596. The van der Waals surface area contributed by atoms with Gasteiger partial charge in [-0.25, -0.2) is 4.68 Å². The van der Waals surface area contributed by atoms with Crippen LogP contribution in [-0.4, -0.2) is 20.2 Å². The maximum absolute atomic E-state index is 11.4. The van der Waals surface area contributed by atoms with Gasteiger partial charge in [0.1, 0.15) is 0 Å². The van der Waals surface area contributed by atoms with Crippen molar-refractivity contribution in [3.8, 4) is 0 Å². The lowest BCUT2D eigenvalue weighted by molar-refractivity contribution is -0.645. The molecule has 2 heterocycles. The van der Waals surface area contributed by atoms with E-state index in [1.165, 1.54) is 18.0 Å². The van der Waals surface area contributed by atoms with Gasteiger partial charge in [-0.05, 0) is 34.7 Å². The van der Waals surface area contributed by atoms with Crippen molar-refractivity contribution in [1.82, 2.24) is 20.2 Å². The molecule has 2 aromatic heterocycles. The van der Waals surface area contributed by atoms with Gasteiger partial charge in [-0.15, -0.1) is 5.10 Å². The van der Waals surface area contributed by atoms with Crippen LogP contribution in [0.3, 0.4) is 0 Å². The summed E-state index contributed by atoms with van der Waals surface area (Å²) in [6, 6.07) is 5.33. The first-order valence-electron chi connectivity index (χ1n) is 5.37. The number of thioether (sulfide) groups is 1. The molecule has 17 heavy (non-hydrogen) atoms. The number of hydrogen-bond acceptors (Lipinski definition) is 5. The smallest absolute Gasteiger partial charge is 0.251 e. The van der Waals surface area contributed by atoms with Crippen molar-refractivity contribution in [1.29, 1.82) is 0 Å². The molecule has 0 atom stereocenters. The zero-order valence-corrected chi connectivity index (χ0v) is 10.3. The Bertz CT molecular complexity index is 487. The minimum atomic E-state index is 0.596. The molecular formula is C10H13N5OS. The van der Waals surface area contributed by atoms with Gasteiger partial charge in [0.15, 0.2) is 12.0 Å². The SMILES string of the molecule is CCCn1nnnc1CSc1cccc[n+]1[O-]. The van der Waals surface area contributed by atoms with E-state index in [2.05, 4.69) is 22.4 Å². The lowest BCUT2D eigenvalue weighted by atomic mass is 10.5. The lowest BCUT2D eigenvalue weighted by Crippen LogP contribution is -2.27. The molecule has 2 rings (SSSR count). The average molecular weight is 251 g/mol. The number of tetrazole rings is 1. The Morgan fingerprint density at radius 2 is 2.35 bits per heavy atom. The molecular weight excluding hydrogens is 238 g/mol. The molecule has 0 spiro atoms. The highest BCUT2D eigenvalue weighted by Gasteiger charge is 2.09. The van der Waals surface area contributed by atoms with E-state index >= 15 is 0 Å². The monoisotopic (exact) mass is 251 g/mol. The minimum Gasteiger partial charge on any atom is -0.618 e. The first-order chi connectivity index (χ1) is 8.31. The quantitative estimate of drug-likeness (QED) is 0.450. The second-order valence-electron chi connectivity index (χ2n) is 3.47. The topological polar surface area (TPSA) is 70.5 Å². The molecule has 0 N–H and O–H groups in total. The van der Waals surface area contributed by atoms with Gasteiger partial charge in [0.2, 0.25) is 0 Å². The second-order valence-corrected chi connectivity index (χ2v) is 4.47. The second kappa shape index (κ2) is 5.62. The van der Waals surface area contributed by atoms with Crippen LogP contribution in [0.2, 0.25) is 0 Å². The van der Waals surface area contributed by atoms with Crippen LogP contribution in [0.1, 0.15) is 19.2 Å². The van der Waals surface area contributed by atoms with Crippen molar-refractivity contribution >= 4 is 11.8 Å². The maximum atomic E-state index is 11.4. The fourth-order valence-electron chi connectivity index (χ4n) is 1.37. The van der Waals surface area contributed by atoms with Crippen LogP contribution in [-0.2, 0) is 12.3 Å². The first-order valence-corrected chi connectivity index (χ1v) is 6.36. The van der Waals surface area contributed by atoms with Crippen LogP contribution in [0.4, 0.5) is 0 Å². The summed E-state index contributed by atoms with van der Waals surface area (Å²) < 4.78 is 2.61. The van der Waals surface area contributed by atoms with Gasteiger partial charge >= 0.3 is 0 Å². The van der Waals surface area contributed by atoms with Crippen molar-refractivity contribution in [3.63, 3.8) is 0 Å². The summed E-state index contributed by atoms with van der Waals surface area (Å²) in [4.78, 5) is 0. The van der Waals surface area contributed by atoms with Crippen LogP contribution in [0.5, 0.6) is 0 Å². The number of rotatable bonds is 5. The Balaban J connectivity index is 2.02. The van der Waals surface area contributed by atoms with Crippen molar-refractivity contribution in [2.24, 2.45) is 0 Å². The Kier molecular flexibility index (Phi) is 3.92. The Morgan fingerprint density at radius 3 is 3.12 bits per heavy atom. The third kappa shape index (κ3) is 2.94. The van der Waals surface area contributed by atoms with Crippen molar-refractivity contribution in [2.45, 2.75) is 30.7 Å². The molecule has 0 radical (unpaired) electrons. The summed E-state index contributed by atoms with van der Waals surface area (Å²) in [7, 11) is 0. The summed E-state index contributed by atoms with van der Waals surface area (Å²) >= 11 is 1.43. The summed E-state index contributed by atoms with van der Waals surface area (Å²) in [6.07, 6.45) is 2.47. The molecule has 7 heteroatoms. The molecule has 0 amide bonds. The number of hydrogen-bond donors (Lipinski definition) is 0. The van der Waals surface area contributed by atoms with E-state index in [0.717, 1.165) is 23.5 Å². The predicted octanol–water partition coefficient (Wildman–Crippen LogP) is 1.01. The van der Waals surface area contributed by atoms with Crippen LogP contribution >= 0.6 is 11.8 Å². The standard InChI is InChI=1S/C10H13N5OS/c1-2-6-14-9(11-12-13-14)8-17-10-5-3-4-7-15(10)16/h3-5,7H,2,6,8H2,1H3. The molecule has 6 nitrogen and oxygen atoms in total. The van der Waals surface area contributed by atoms with Gasteiger partial charge in [0, 0.05) is 18.7 Å². The zero-order valence-electron chi connectivity index (χ0n) is 9.48. The highest BCUT2D eigenvalue weighted by atomic mass is 32.2. The van der Waals surface area contributed by atoms with E-state index in [4.69, 9.17) is 0 Å². The average Bonchev–Trinajstić information content (AvgIpc) is 2.76. The van der Waals surface area contributed by atoms with E-state index in [0.29, 0.717) is 10.8 Å². The summed E-state index contributed by atoms with van der Waals surface area (Å²) in [6.45, 7) is 2.87. The largest absolute Gasteiger partial charge is 0.618 e. The van der Waals surface area contributed by atoms with E-state index in [1.807, 2.05) is 6.07 Å². The molecule has 0 saturated heterocycles. The molecule has 0 aromatic carbocycles. The predicted molar refractivity (Wildman–Crippen MR) is 63.1 cm³/mol. The molecule has 0 saturated carbocycles. The Hall–Kier alpha value is -1.63. The fourth-order valence-corrected chi connectivity index (χ4v) is 2.22. The number of aryl methyl sites for hydroxylation is 1. The summed E-state index contributed by atoms with van der Waals surface area (Å²) in [5.41, 5.74) is 0. The zero-order chi connectivity index (χ0) is 12.1. The highest BCUT2D eigenvalue weighted by Crippen LogP contribution is 2.17. The van der Waals surface area contributed by atoms with Crippen molar-refractivity contribution in [2.75, 3.05) is 0 Å². The van der Waals surface area contributed by atoms with E-state index < -0.39 is 0 Å². The van der Waals surface area contributed by atoms with E-state index in [1.54, 1.807) is 16.8 Å². The van der Waals surface area contributed by atoms with Gasteiger partial charge in [-0.2, -0.15) is 4.73 Å². The number of aromatic nitrogens is 5. The molecule has 0 aliphatic carbocycles. The maximum Gasteiger partial charge on any atom is 0.251 e. The van der Waals surface area contributed by atoms with Gasteiger partial charge in [-0.3, -0.25) is 0 Å². The first kappa shape index (κ1) is 11.8. The van der Waals surface area contributed by atoms with Crippen LogP contribution < -0.4 is 4.73 Å². The van der Waals surface area contributed by atoms with Gasteiger partial charge in [0.05, 0.1) is 5.75 Å². The van der Waals surface area contributed by atoms with Crippen LogP contribution in [0.25, 0.3) is 0 Å². The normalized spacial score (nSPS) is 10.6. The van der Waals surface area contributed by atoms with E-state index in [-0.39, 0.29) is 0 Å². The molecule has 0 bridgehead atoms. The van der Waals surface area contributed by atoms with Gasteiger partial charge in [-0.1, -0.05) is 6.92 Å². The van der Waals surface area contributed by atoms with Gasteiger partial charge < -0.3 is 5.21 Å². The highest BCUT2D eigenvalue weighted by molar-refractivity contribution is 7.98. The van der Waals surface area contributed by atoms with E-state index in [9.17, 15) is 5.21 Å². The summed E-state index contributed by atoms with van der Waals surface area (Å²) in [5, 5.41) is 23.6. The molecule has 90 valence electrons. The van der Waals surface area contributed by atoms with Gasteiger partial charge in [0.25, 0.3) is 5.03 Å². The number of nitrogens with zero attached hydrogens (tertiary/aromatic N) is 5. The van der Waals surface area contributed by atoms with Crippen LogP contribution in [0, 0.1) is 5.21 Å². The molecule has 2 aromatic rings. The third-order valence-corrected chi connectivity index (χ3v) is 3.19.